The van der Waals surface area contributed by atoms with Crippen molar-refractivity contribution in [1.29, 1.82) is 0 Å². The van der Waals surface area contributed by atoms with Crippen LogP contribution in [0.25, 0.3) is 10.9 Å². The molecule has 11 heteroatoms. The summed E-state index contributed by atoms with van der Waals surface area (Å²) in [5.74, 6) is 1.01. The van der Waals surface area contributed by atoms with Crippen molar-refractivity contribution in [3.63, 3.8) is 0 Å². The molecule has 2 aromatic carbocycles. The highest BCUT2D eigenvalue weighted by molar-refractivity contribution is 6.31. The summed E-state index contributed by atoms with van der Waals surface area (Å²) in [5, 5.41) is 3.66. The largest absolute Gasteiger partial charge is 0.493 e. The molecule has 0 spiro atoms. The van der Waals surface area contributed by atoms with E-state index in [-0.39, 0.29) is 28.8 Å². The van der Waals surface area contributed by atoms with E-state index in [0.29, 0.717) is 41.2 Å². The standard InChI is InChI=1S/C26H30ClFN6O3/c1-32-7-9-34(10-8-32)26(35)21-11-16(14-33(21)2)37-23-12-17-20(13-22(23)36-3)29-15-30-25(17)31-19-6-4-5-18(27)24(19)28/h4-6,12-13,15-16,21H,7-11,14H2,1-3H3,(H,29,30,31)/t16-,21+/m0/s1. The first-order chi connectivity index (χ1) is 17.8. The molecule has 0 unspecified atom stereocenters. The molecule has 9 nitrogen and oxygen atoms in total. The first-order valence-electron chi connectivity index (χ1n) is 12.2. The highest BCUT2D eigenvalue weighted by atomic mass is 35.5. The molecular weight excluding hydrogens is 499 g/mol. The number of hydrogen-bond donors (Lipinski definition) is 1. The van der Waals surface area contributed by atoms with E-state index in [9.17, 15) is 9.18 Å². The number of aromatic nitrogens is 2. The molecule has 2 atom stereocenters. The molecule has 1 N–H and O–H groups in total. The van der Waals surface area contributed by atoms with Gasteiger partial charge in [-0.2, -0.15) is 0 Å². The van der Waals surface area contributed by atoms with E-state index >= 15 is 0 Å². The number of nitrogens with one attached hydrogen (secondary N) is 1. The van der Waals surface area contributed by atoms with Crippen LogP contribution < -0.4 is 14.8 Å². The molecule has 2 saturated heterocycles. The van der Waals surface area contributed by atoms with Gasteiger partial charge in [0.05, 0.1) is 29.4 Å². The average molecular weight is 529 g/mol. The zero-order chi connectivity index (χ0) is 26.1. The Hall–Kier alpha value is -3.21. The Morgan fingerprint density at radius 3 is 2.68 bits per heavy atom. The number of anilines is 2. The lowest BCUT2D eigenvalue weighted by atomic mass is 10.1. The van der Waals surface area contributed by atoms with Crippen LogP contribution in [0.5, 0.6) is 11.5 Å². The molecule has 2 aliphatic heterocycles. The van der Waals surface area contributed by atoms with Crippen LogP contribution in [0.3, 0.4) is 0 Å². The number of carbonyl (C=O) groups is 1. The Morgan fingerprint density at radius 2 is 1.92 bits per heavy atom. The van der Waals surface area contributed by atoms with E-state index in [1.165, 1.54) is 12.4 Å². The van der Waals surface area contributed by atoms with Gasteiger partial charge < -0.3 is 24.6 Å². The van der Waals surface area contributed by atoms with Gasteiger partial charge in [-0.1, -0.05) is 17.7 Å². The maximum atomic E-state index is 14.5. The first-order valence-corrected chi connectivity index (χ1v) is 12.6. The van der Waals surface area contributed by atoms with Crippen LogP contribution in [-0.4, -0.2) is 96.6 Å². The van der Waals surface area contributed by atoms with Crippen LogP contribution in [0.1, 0.15) is 6.42 Å². The van der Waals surface area contributed by atoms with E-state index in [0.717, 1.165) is 26.2 Å². The predicted molar refractivity (Wildman–Crippen MR) is 140 cm³/mol. The number of rotatable bonds is 6. The molecule has 1 aromatic heterocycles. The number of benzene rings is 2. The minimum absolute atomic E-state index is 0.0140. The Bertz CT molecular complexity index is 1300. The number of likely N-dealkylation sites (N-methyl/N-ethyl adjacent to an activating group) is 2. The summed E-state index contributed by atoms with van der Waals surface area (Å²) in [7, 11) is 5.59. The molecule has 0 aliphatic carbocycles. The number of amides is 1. The number of hydrogen-bond acceptors (Lipinski definition) is 8. The number of nitrogens with zero attached hydrogens (tertiary/aromatic N) is 5. The van der Waals surface area contributed by atoms with Crippen molar-refractivity contribution in [2.24, 2.45) is 0 Å². The second-order valence-electron chi connectivity index (χ2n) is 9.53. The second kappa shape index (κ2) is 10.6. The number of halogens is 2. The van der Waals surface area contributed by atoms with Crippen molar-refractivity contribution < 1.29 is 18.7 Å². The molecule has 37 heavy (non-hydrogen) atoms. The number of fused-ring (bicyclic) bond motifs is 1. The molecule has 5 rings (SSSR count). The molecule has 1 amide bonds. The third-order valence-electron chi connectivity index (χ3n) is 7.03. The third kappa shape index (κ3) is 5.27. The summed E-state index contributed by atoms with van der Waals surface area (Å²) in [5.41, 5.74) is 0.810. The quantitative estimate of drug-likeness (QED) is 0.521. The van der Waals surface area contributed by atoms with Gasteiger partial charge in [-0.25, -0.2) is 14.4 Å². The lowest BCUT2D eigenvalue weighted by molar-refractivity contribution is -0.137. The van der Waals surface area contributed by atoms with Gasteiger partial charge in [-0.05, 0) is 32.3 Å². The Morgan fingerprint density at radius 1 is 1.14 bits per heavy atom. The predicted octanol–water partition coefficient (Wildman–Crippen LogP) is 3.40. The van der Waals surface area contributed by atoms with Crippen molar-refractivity contribution in [3.8, 4) is 11.5 Å². The number of ether oxygens (including phenoxy) is 2. The lowest BCUT2D eigenvalue weighted by Crippen LogP contribution is -2.52. The minimum atomic E-state index is -0.564. The van der Waals surface area contributed by atoms with Gasteiger partial charge in [0.25, 0.3) is 0 Å². The summed E-state index contributed by atoms with van der Waals surface area (Å²) in [6, 6.07) is 8.04. The van der Waals surface area contributed by atoms with Crippen molar-refractivity contribution >= 4 is 39.9 Å². The van der Waals surface area contributed by atoms with Crippen LogP contribution in [-0.2, 0) is 4.79 Å². The number of methoxy groups -OCH3 is 1. The Labute approximate surface area is 220 Å². The molecule has 2 fully saturated rings. The zero-order valence-corrected chi connectivity index (χ0v) is 21.8. The van der Waals surface area contributed by atoms with Gasteiger partial charge >= 0.3 is 0 Å². The molecule has 0 radical (unpaired) electrons. The smallest absolute Gasteiger partial charge is 0.240 e. The number of piperazine rings is 1. The van der Waals surface area contributed by atoms with Crippen LogP contribution in [0, 0.1) is 5.82 Å². The van der Waals surface area contributed by atoms with Gasteiger partial charge in [0.15, 0.2) is 17.3 Å². The van der Waals surface area contributed by atoms with E-state index in [2.05, 4.69) is 32.1 Å². The molecule has 0 bridgehead atoms. The van der Waals surface area contributed by atoms with Crippen LogP contribution in [0.2, 0.25) is 5.02 Å². The van der Waals surface area contributed by atoms with E-state index < -0.39 is 5.82 Å². The molecule has 0 saturated carbocycles. The topological polar surface area (TPSA) is 83.1 Å². The average Bonchev–Trinajstić information content (AvgIpc) is 3.26. The minimum Gasteiger partial charge on any atom is -0.493 e. The maximum absolute atomic E-state index is 14.5. The van der Waals surface area contributed by atoms with Crippen molar-refractivity contribution in [1.82, 2.24) is 24.7 Å². The van der Waals surface area contributed by atoms with Gasteiger partial charge in [-0.3, -0.25) is 9.69 Å². The molecule has 196 valence electrons. The van der Waals surface area contributed by atoms with Crippen LogP contribution in [0.4, 0.5) is 15.9 Å². The Balaban J connectivity index is 1.37. The Kier molecular flexibility index (Phi) is 7.32. The van der Waals surface area contributed by atoms with Crippen molar-refractivity contribution in [3.05, 3.63) is 47.5 Å². The van der Waals surface area contributed by atoms with E-state index in [1.54, 1.807) is 31.4 Å². The van der Waals surface area contributed by atoms with E-state index in [4.69, 9.17) is 21.1 Å². The highest BCUT2D eigenvalue weighted by Crippen LogP contribution is 2.37. The fourth-order valence-corrected chi connectivity index (χ4v) is 5.06. The monoisotopic (exact) mass is 528 g/mol. The van der Waals surface area contributed by atoms with Gasteiger partial charge in [0.2, 0.25) is 5.91 Å². The highest BCUT2D eigenvalue weighted by Gasteiger charge is 2.38. The number of carbonyl (C=O) groups excluding carboxylic acids is 1. The van der Waals surface area contributed by atoms with Crippen molar-refractivity contribution in [2.45, 2.75) is 18.6 Å². The van der Waals surface area contributed by atoms with Crippen molar-refractivity contribution in [2.75, 3.05) is 59.2 Å². The molecule has 3 aromatic rings. The number of likely N-dealkylation sites (tertiary alicyclic amines) is 1. The summed E-state index contributed by atoms with van der Waals surface area (Å²) < 4.78 is 26.5. The third-order valence-corrected chi connectivity index (χ3v) is 7.32. The van der Waals surface area contributed by atoms with Crippen LogP contribution in [0.15, 0.2) is 36.7 Å². The summed E-state index contributed by atoms with van der Waals surface area (Å²) in [4.78, 5) is 28.1. The molecule has 2 aliphatic rings. The van der Waals surface area contributed by atoms with Gasteiger partial charge in [0, 0.05) is 50.6 Å². The maximum Gasteiger partial charge on any atom is 0.240 e. The fraction of sp³-hybridized carbons (Fsp3) is 0.423. The van der Waals surface area contributed by atoms with Crippen LogP contribution >= 0.6 is 11.6 Å². The second-order valence-corrected chi connectivity index (χ2v) is 9.94. The fourth-order valence-electron chi connectivity index (χ4n) is 4.89. The lowest BCUT2D eigenvalue weighted by Gasteiger charge is -2.35. The van der Waals surface area contributed by atoms with Gasteiger partial charge in [-0.15, -0.1) is 0 Å². The van der Waals surface area contributed by atoms with Gasteiger partial charge in [0.1, 0.15) is 18.2 Å². The molecular formula is C26H30ClFN6O3. The summed E-state index contributed by atoms with van der Waals surface area (Å²) >= 11 is 5.94. The molecule has 3 heterocycles. The normalized spacial score (nSPS) is 20.8. The SMILES string of the molecule is COc1cc2ncnc(Nc3cccc(Cl)c3F)c2cc1O[C@H]1C[C@H](C(=O)N2CCN(C)CC2)N(C)C1. The first kappa shape index (κ1) is 25.4. The zero-order valence-electron chi connectivity index (χ0n) is 21.1. The van der Waals surface area contributed by atoms with E-state index in [1.807, 2.05) is 11.9 Å². The summed E-state index contributed by atoms with van der Waals surface area (Å²) in [6.07, 6.45) is 1.77. The summed E-state index contributed by atoms with van der Waals surface area (Å²) in [6.45, 7) is 3.86.